The number of allylic oxidation sites excluding steroid dienone is 1. The standard InChI is InChI=1S/C18H21F3N2O/c19-18(20,21)16(14-6-2-1-3-7-14)12-17(24)23-11-5-10-22-9-4-8-15(22)13-23/h1-3,6-7,12,15H,4-5,8-11,13H2/b16-12-. The molecule has 0 radical (unpaired) electrons. The lowest BCUT2D eigenvalue weighted by Crippen LogP contribution is -2.39. The molecule has 2 aliphatic heterocycles. The average molecular weight is 338 g/mol. The van der Waals surface area contributed by atoms with Crippen LogP contribution in [0.25, 0.3) is 5.57 Å². The molecule has 2 heterocycles. The smallest absolute Gasteiger partial charge is 0.338 e. The first-order valence-corrected chi connectivity index (χ1v) is 8.32. The summed E-state index contributed by atoms with van der Waals surface area (Å²) in [7, 11) is 0. The highest BCUT2D eigenvalue weighted by atomic mass is 19.4. The number of rotatable bonds is 2. The number of amides is 1. The molecule has 3 rings (SSSR count). The van der Waals surface area contributed by atoms with Gasteiger partial charge in [-0.2, -0.15) is 13.2 Å². The number of carbonyl (C=O) groups excluding carboxylic acids is 1. The van der Waals surface area contributed by atoms with Gasteiger partial charge in [-0.1, -0.05) is 30.3 Å². The highest BCUT2D eigenvalue weighted by molar-refractivity contribution is 5.96. The zero-order valence-corrected chi connectivity index (χ0v) is 13.4. The number of hydrogen-bond donors (Lipinski definition) is 0. The third-order valence-corrected chi connectivity index (χ3v) is 4.77. The van der Waals surface area contributed by atoms with Crippen molar-refractivity contribution in [1.82, 2.24) is 9.80 Å². The van der Waals surface area contributed by atoms with E-state index in [0.29, 0.717) is 13.1 Å². The van der Waals surface area contributed by atoms with E-state index >= 15 is 0 Å². The van der Waals surface area contributed by atoms with E-state index in [4.69, 9.17) is 0 Å². The van der Waals surface area contributed by atoms with E-state index in [-0.39, 0.29) is 11.6 Å². The molecule has 3 nitrogen and oxygen atoms in total. The maximum absolute atomic E-state index is 13.4. The summed E-state index contributed by atoms with van der Waals surface area (Å²) >= 11 is 0. The summed E-state index contributed by atoms with van der Waals surface area (Å²) in [6.45, 7) is 2.99. The molecule has 130 valence electrons. The van der Waals surface area contributed by atoms with E-state index in [2.05, 4.69) is 4.90 Å². The van der Waals surface area contributed by atoms with Gasteiger partial charge < -0.3 is 4.90 Å². The lowest BCUT2D eigenvalue weighted by atomic mass is 10.0. The molecule has 1 amide bonds. The average Bonchev–Trinajstić information content (AvgIpc) is 2.89. The number of benzene rings is 1. The van der Waals surface area contributed by atoms with Crippen LogP contribution in [-0.2, 0) is 4.79 Å². The Kier molecular flexibility index (Phi) is 4.94. The summed E-state index contributed by atoms with van der Waals surface area (Å²) in [6, 6.07) is 7.80. The van der Waals surface area contributed by atoms with E-state index in [1.165, 1.54) is 12.1 Å². The minimum absolute atomic E-state index is 0.0238. The Bertz CT molecular complexity index is 612. The second-order valence-electron chi connectivity index (χ2n) is 6.39. The summed E-state index contributed by atoms with van der Waals surface area (Å²) in [4.78, 5) is 16.4. The van der Waals surface area contributed by atoms with Crippen LogP contribution in [-0.4, -0.2) is 54.1 Å². The quantitative estimate of drug-likeness (QED) is 0.772. The molecular formula is C18H21F3N2O. The molecule has 0 spiro atoms. The zero-order chi connectivity index (χ0) is 17.2. The van der Waals surface area contributed by atoms with Crippen molar-refractivity contribution in [3.05, 3.63) is 42.0 Å². The molecule has 0 aliphatic carbocycles. The molecule has 1 atom stereocenters. The van der Waals surface area contributed by atoms with Crippen LogP contribution in [0.1, 0.15) is 24.8 Å². The maximum atomic E-state index is 13.4. The molecule has 0 N–H and O–H groups in total. The SMILES string of the molecule is O=C(/C=C(/c1ccccc1)C(F)(F)F)N1CCCN2CCCC2C1. The summed E-state index contributed by atoms with van der Waals surface area (Å²) < 4.78 is 40.1. The molecule has 1 unspecified atom stereocenters. The van der Waals surface area contributed by atoms with Crippen molar-refractivity contribution in [2.45, 2.75) is 31.5 Å². The molecule has 0 aromatic heterocycles. The van der Waals surface area contributed by atoms with E-state index in [1.807, 2.05) is 0 Å². The largest absolute Gasteiger partial charge is 0.417 e. The van der Waals surface area contributed by atoms with Gasteiger partial charge in [0.2, 0.25) is 5.91 Å². The predicted molar refractivity (Wildman–Crippen MR) is 86.3 cm³/mol. The van der Waals surface area contributed by atoms with Crippen LogP contribution < -0.4 is 0 Å². The van der Waals surface area contributed by atoms with Gasteiger partial charge in [-0.05, 0) is 31.4 Å². The van der Waals surface area contributed by atoms with Crippen molar-refractivity contribution in [2.75, 3.05) is 26.2 Å². The molecule has 6 heteroatoms. The van der Waals surface area contributed by atoms with Crippen LogP contribution in [0.2, 0.25) is 0 Å². The summed E-state index contributed by atoms with van der Waals surface area (Å²) in [5.74, 6) is -0.542. The molecule has 0 bridgehead atoms. The predicted octanol–water partition coefficient (Wildman–Crippen LogP) is 3.33. The third-order valence-electron chi connectivity index (χ3n) is 4.77. The van der Waals surface area contributed by atoms with Gasteiger partial charge in [0.15, 0.2) is 0 Å². The van der Waals surface area contributed by atoms with Crippen LogP contribution in [0.4, 0.5) is 13.2 Å². The monoisotopic (exact) mass is 338 g/mol. The van der Waals surface area contributed by atoms with Gasteiger partial charge in [0.05, 0.1) is 5.57 Å². The molecule has 2 saturated heterocycles. The molecule has 2 aliphatic rings. The molecular weight excluding hydrogens is 317 g/mol. The normalized spacial score (nSPS) is 23.0. The number of fused-ring (bicyclic) bond motifs is 1. The first kappa shape index (κ1) is 17.0. The van der Waals surface area contributed by atoms with Crippen LogP contribution in [0.5, 0.6) is 0 Å². The van der Waals surface area contributed by atoms with E-state index in [1.54, 1.807) is 23.1 Å². The Morgan fingerprint density at radius 1 is 1.08 bits per heavy atom. The Hall–Kier alpha value is -1.82. The second kappa shape index (κ2) is 6.97. The Labute approximate surface area is 139 Å². The van der Waals surface area contributed by atoms with Crippen molar-refractivity contribution in [3.63, 3.8) is 0 Å². The minimum atomic E-state index is -4.55. The first-order valence-electron chi connectivity index (χ1n) is 8.32. The maximum Gasteiger partial charge on any atom is 0.417 e. The van der Waals surface area contributed by atoms with Gasteiger partial charge in [0.1, 0.15) is 0 Å². The van der Waals surface area contributed by atoms with Gasteiger partial charge >= 0.3 is 6.18 Å². The van der Waals surface area contributed by atoms with Crippen molar-refractivity contribution < 1.29 is 18.0 Å². The Morgan fingerprint density at radius 2 is 1.79 bits per heavy atom. The number of hydrogen-bond acceptors (Lipinski definition) is 2. The fourth-order valence-electron chi connectivity index (χ4n) is 3.57. The Morgan fingerprint density at radius 3 is 2.50 bits per heavy atom. The summed E-state index contributed by atoms with van der Waals surface area (Å²) in [5.41, 5.74) is -0.851. The van der Waals surface area contributed by atoms with Crippen LogP contribution in [0.15, 0.2) is 36.4 Å². The fraction of sp³-hybridized carbons (Fsp3) is 0.500. The molecule has 1 aromatic carbocycles. The molecule has 2 fully saturated rings. The molecule has 24 heavy (non-hydrogen) atoms. The summed E-state index contributed by atoms with van der Waals surface area (Å²) in [5, 5.41) is 0. The Balaban J connectivity index is 1.82. The van der Waals surface area contributed by atoms with Crippen molar-refractivity contribution >= 4 is 11.5 Å². The topological polar surface area (TPSA) is 23.6 Å². The third kappa shape index (κ3) is 3.80. The summed E-state index contributed by atoms with van der Waals surface area (Å²) in [6.07, 6.45) is -0.871. The van der Waals surface area contributed by atoms with Gasteiger partial charge in [0, 0.05) is 31.8 Å². The van der Waals surface area contributed by atoms with Gasteiger partial charge in [0.25, 0.3) is 0 Å². The van der Waals surface area contributed by atoms with Crippen molar-refractivity contribution in [3.8, 4) is 0 Å². The van der Waals surface area contributed by atoms with E-state index in [9.17, 15) is 18.0 Å². The molecule has 0 saturated carbocycles. The number of halogens is 3. The van der Waals surface area contributed by atoms with E-state index in [0.717, 1.165) is 38.4 Å². The minimum Gasteiger partial charge on any atom is -0.338 e. The van der Waals surface area contributed by atoms with Crippen molar-refractivity contribution in [2.24, 2.45) is 0 Å². The number of carbonyl (C=O) groups is 1. The molecule has 1 aromatic rings. The first-order chi connectivity index (χ1) is 11.4. The van der Waals surface area contributed by atoms with Gasteiger partial charge in [-0.3, -0.25) is 9.69 Å². The van der Waals surface area contributed by atoms with Crippen molar-refractivity contribution in [1.29, 1.82) is 0 Å². The number of alkyl halides is 3. The van der Waals surface area contributed by atoms with Crippen LogP contribution in [0.3, 0.4) is 0 Å². The highest BCUT2D eigenvalue weighted by Crippen LogP contribution is 2.34. The van der Waals surface area contributed by atoms with Gasteiger partial charge in [-0.15, -0.1) is 0 Å². The highest BCUT2D eigenvalue weighted by Gasteiger charge is 2.36. The van der Waals surface area contributed by atoms with Crippen LogP contribution in [0, 0.1) is 0 Å². The number of nitrogens with zero attached hydrogens (tertiary/aromatic N) is 2. The fourth-order valence-corrected chi connectivity index (χ4v) is 3.57. The van der Waals surface area contributed by atoms with E-state index < -0.39 is 17.7 Å². The van der Waals surface area contributed by atoms with Gasteiger partial charge in [-0.25, -0.2) is 0 Å². The zero-order valence-electron chi connectivity index (χ0n) is 13.4. The second-order valence-corrected chi connectivity index (χ2v) is 6.39. The lowest BCUT2D eigenvalue weighted by molar-refractivity contribution is -0.126. The van der Waals surface area contributed by atoms with Crippen LogP contribution >= 0.6 is 0 Å². The lowest BCUT2D eigenvalue weighted by Gasteiger charge is -2.25.